The van der Waals surface area contributed by atoms with Crippen LogP contribution in [0.3, 0.4) is 0 Å². The summed E-state index contributed by atoms with van der Waals surface area (Å²) in [5, 5.41) is 6.25. The van der Waals surface area contributed by atoms with Gasteiger partial charge in [0, 0.05) is 64.5 Å². The quantitative estimate of drug-likeness (QED) is 0.143. The van der Waals surface area contributed by atoms with Crippen LogP contribution in [0.5, 0.6) is 11.5 Å². The summed E-state index contributed by atoms with van der Waals surface area (Å²) < 4.78 is 26.0. The third kappa shape index (κ3) is 6.05. The van der Waals surface area contributed by atoms with Crippen molar-refractivity contribution in [1.29, 1.82) is 0 Å². The summed E-state index contributed by atoms with van der Waals surface area (Å²) in [4.78, 5) is 7.67. The highest BCUT2D eigenvalue weighted by Crippen LogP contribution is 2.58. The van der Waals surface area contributed by atoms with Crippen molar-refractivity contribution < 1.29 is 14.0 Å². The van der Waals surface area contributed by atoms with Gasteiger partial charge in [0.15, 0.2) is 17.3 Å². The van der Waals surface area contributed by atoms with Gasteiger partial charge in [-0.2, -0.15) is 10.1 Å². The molecular weight excluding hydrogens is 755 g/mol. The number of aryl methyl sites for hydroxylation is 1. The van der Waals surface area contributed by atoms with Crippen LogP contribution < -0.4 is 19.7 Å². The van der Waals surface area contributed by atoms with Gasteiger partial charge in [-0.1, -0.05) is 52.3 Å². The number of para-hydroxylation sites is 2. The number of halogens is 1. The molecule has 1 fully saturated rings. The average molecular weight is 794 g/mol. The molecule has 12 heteroatoms. The summed E-state index contributed by atoms with van der Waals surface area (Å²) in [5.74, 6) is 2.32. The molecule has 2 aromatic heterocycles. The second kappa shape index (κ2) is 14.0. The van der Waals surface area contributed by atoms with Crippen LogP contribution in [0.2, 0.25) is 0 Å². The maximum Gasteiger partial charge on any atom is 0.228 e. The van der Waals surface area contributed by atoms with Crippen molar-refractivity contribution in [3.63, 3.8) is 0 Å². The molecule has 264 valence electrons. The van der Waals surface area contributed by atoms with Crippen LogP contribution in [0.15, 0.2) is 119 Å². The number of hydrogen-bond donors (Lipinski definition) is 0. The van der Waals surface area contributed by atoms with E-state index in [4.69, 9.17) is 35.9 Å². The van der Waals surface area contributed by atoms with E-state index in [2.05, 4.69) is 105 Å². The van der Waals surface area contributed by atoms with Gasteiger partial charge in [-0.05, 0) is 98.5 Å². The molecule has 0 spiro atoms. The van der Waals surface area contributed by atoms with Gasteiger partial charge in [-0.25, -0.2) is 9.35 Å². The van der Waals surface area contributed by atoms with Crippen molar-refractivity contribution in [1.82, 2.24) is 19.0 Å². The Labute approximate surface area is 317 Å². The fourth-order valence-electron chi connectivity index (χ4n) is 7.10. The lowest BCUT2D eigenvalue weighted by Gasteiger charge is -2.42. The molecule has 9 nitrogen and oxygen atoms in total. The Morgan fingerprint density at radius 2 is 1.40 bits per heavy atom. The zero-order valence-corrected chi connectivity index (χ0v) is 32.7. The fourth-order valence-corrected chi connectivity index (χ4v) is 11.0. The predicted molar refractivity (Wildman–Crippen MR) is 216 cm³/mol. The van der Waals surface area contributed by atoms with Gasteiger partial charge in [-0.15, -0.1) is 0 Å². The lowest BCUT2D eigenvalue weighted by Crippen LogP contribution is -2.47. The summed E-state index contributed by atoms with van der Waals surface area (Å²) in [6.07, 6.45) is -3.03. The standard InChI is InChI=1S/C40H38BrN6O3PS/c1-27-25-34(28(2)46(27)32-18-16-30(41)17-19-32)37-38-39(47(43-37)33-13-9-6-10-14-33)42-40(29-15-20-35(48-3)36(26-29)49-4)50-51(38,52)45-23-21-44(22-24-45)31-11-7-5-8-12-31/h5-20,25-26H,21-24H2,1-4H3. The van der Waals surface area contributed by atoms with Gasteiger partial charge in [0.25, 0.3) is 0 Å². The Morgan fingerprint density at radius 3 is 2.06 bits per heavy atom. The number of anilines is 1. The Hall–Kier alpha value is -4.67. The maximum atomic E-state index is 7.15. The van der Waals surface area contributed by atoms with Crippen molar-refractivity contribution in [2.24, 2.45) is 4.99 Å². The first-order chi connectivity index (χ1) is 25.3. The number of nitrogens with zero attached hydrogens (tertiary/aromatic N) is 6. The zero-order valence-electron chi connectivity index (χ0n) is 29.4. The monoisotopic (exact) mass is 792 g/mol. The molecule has 0 aliphatic carbocycles. The minimum atomic E-state index is -3.03. The Morgan fingerprint density at radius 1 is 0.750 bits per heavy atom. The zero-order chi connectivity index (χ0) is 36.0. The SMILES string of the molecule is COc1ccc(C2=Nc3c(c(-c4cc(C)n(-c5ccc(Br)cc5)c4C)nn3-c3ccccc3)P(=S)(N3CCN(c4ccccc4)CC3)O2)cc1OC. The van der Waals surface area contributed by atoms with Crippen LogP contribution in [0.25, 0.3) is 22.6 Å². The highest BCUT2D eigenvalue weighted by atomic mass is 79.9. The van der Waals surface area contributed by atoms with Gasteiger partial charge in [0.05, 0.1) is 19.9 Å². The molecule has 4 heterocycles. The second-order valence-electron chi connectivity index (χ2n) is 12.7. The molecule has 0 N–H and O–H groups in total. The largest absolute Gasteiger partial charge is 0.493 e. The second-order valence-corrected chi connectivity index (χ2v) is 17.4. The van der Waals surface area contributed by atoms with Crippen molar-refractivity contribution in [2.45, 2.75) is 13.8 Å². The van der Waals surface area contributed by atoms with E-state index in [9.17, 15) is 0 Å². The Balaban J connectivity index is 1.34. The molecule has 8 rings (SSSR count). The lowest BCUT2D eigenvalue weighted by atomic mass is 10.1. The maximum absolute atomic E-state index is 7.15. The molecule has 2 aliphatic rings. The number of aliphatic imine (C=N–C) groups is 1. The summed E-state index contributed by atoms with van der Waals surface area (Å²) >= 11 is 10.5. The first-order valence-corrected chi connectivity index (χ1v) is 20.6. The van der Waals surface area contributed by atoms with Gasteiger partial charge < -0.3 is 23.5 Å². The molecule has 2 aliphatic heterocycles. The van der Waals surface area contributed by atoms with Crippen LogP contribution in [0, 0.1) is 13.8 Å². The number of aromatic nitrogens is 3. The van der Waals surface area contributed by atoms with E-state index in [1.165, 1.54) is 5.69 Å². The molecule has 6 aromatic rings. The number of fused-ring (bicyclic) bond motifs is 1. The highest BCUT2D eigenvalue weighted by Gasteiger charge is 2.44. The number of ether oxygens (including phenoxy) is 2. The van der Waals surface area contributed by atoms with Crippen LogP contribution >= 0.6 is 22.3 Å². The van der Waals surface area contributed by atoms with Gasteiger partial charge in [0.2, 0.25) is 12.3 Å². The van der Waals surface area contributed by atoms with Gasteiger partial charge >= 0.3 is 0 Å². The smallest absolute Gasteiger partial charge is 0.228 e. The molecule has 52 heavy (non-hydrogen) atoms. The molecular formula is C40H38BrN6O3PS. The molecule has 1 unspecified atom stereocenters. The summed E-state index contributed by atoms with van der Waals surface area (Å²) in [5.41, 5.74) is 7.85. The average Bonchev–Trinajstić information content (AvgIpc) is 3.72. The highest BCUT2D eigenvalue weighted by molar-refractivity contribution is 9.10. The molecule has 0 radical (unpaired) electrons. The van der Waals surface area contributed by atoms with Crippen molar-refractivity contribution >= 4 is 56.9 Å². The predicted octanol–water partition coefficient (Wildman–Crippen LogP) is 8.59. The third-order valence-electron chi connectivity index (χ3n) is 9.69. The molecule has 1 atom stereocenters. The molecule has 1 saturated heterocycles. The number of benzene rings is 4. The van der Waals surface area contributed by atoms with Crippen LogP contribution in [0.4, 0.5) is 11.5 Å². The first-order valence-electron chi connectivity index (χ1n) is 17.1. The van der Waals surface area contributed by atoms with Crippen LogP contribution in [-0.4, -0.2) is 65.3 Å². The number of methoxy groups -OCH3 is 2. The van der Waals surface area contributed by atoms with Crippen LogP contribution in [0.1, 0.15) is 17.0 Å². The van der Waals surface area contributed by atoms with Crippen LogP contribution in [-0.2, 0) is 16.3 Å². The number of rotatable bonds is 8. The van der Waals surface area contributed by atoms with Crippen molar-refractivity contribution in [2.75, 3.05) is 45.3 Å². The van der Waals surface area contributed by atoms with E-state index in [0.29, 0.717) is 23.2 Å². The fraction of sp³-hybridized carbons (Fsp3) is 0.200. The van der Waals surface area contributed by atoms with E-state index >= 15 is 0 Å². The van der Waals surface area contributed by atoms with E-state index in [-0.39, 0.29) is 0 Å². The van der Waals surface area contributed by atoms with Gasteiger partial charge in [-0.3, -0.25) is 0 Å². The first kappa shape index (κ1) is 34.4. The summed E-state index contributed by atoms with van der Waals surface area (Å²) in [7, 11) is 3.25. The third-order valence-corrected chi connectivity index (χ3v) is 14.2. The molecule has 0 amide bonds. The molecule has 4 aromatic carbocycles. The Bertz CT molecular complexity index is 2340. The van der Waals surface area contributed by atoms with Crippen molar-refractivity contribution in [3.8, 4) is 34.1 Å². The van der Waals surface area contributed by atoms with E-state index < -0.39 is 6.42 Å². The summed E-state index contributed by atoms with van der Waals surface area (Å²) in [6.45, 7) is 7.33. The molecule has 0 bridgehead atoms. The van der Waals surface area contributed by atoms with E-state index in [1.807, 2.05) is 53.2 Å². The number of piperazine rings is 1. The van der Waals surface area contributed by atoms with Crippen molar-refractivity contribution in [3.05, 3.63) is 131 Å². The summed E-state index contributed by atoms with van der Waals surface area (Å²) in [6, 6.07) is 36.9. The molecule has 0 saturated carbocycles. The van der Waals surface area contributed by atoms with E-state index in [0.717, 1.165) is 75.5 Å². The minimum absolute atomic E-state index is 0.436. The lowest BCUT2D eigenvalue weighted by molar-refractivity contribution is 0.354. The van der Waals surface area contributed by atoms with E-state index in [1.54, 1.807) is 14.2 Å². The normalized spacial score (nSPS) is 17.3. The minimum Gasteiger partial charge on any atom is -0.493 e. The topological polar surface area (TPSA) is 69.3 Å². The number of hydrogen-bond acceptors (Lipinski definition) is 7. The van der Waals surface area contributed by atoms with Gasteiger partial charge in [0.1, 0.15) is 11.0 Å². The Kier molecular flexibility index (Phi) is 9.30.